The zero-order valence-electron chi connectivity index (χ0n) is 11.1. The molecule has 0 fully saturated rings. The lowest BCUT2D eigenvalue weighted by atomic mass is 10.2. The fraction of sp³-hybridized carbons (Fsp3) is 0.0714. The maximum Gasteiger partial charge on any atom is 0.255 e. The molecule has 2 rings (SSSR count). The maximum absolute atomic E-state index is 12.8. The molecule has 21 heavy (non-hydrogen) atoms. The Labute approximate surface area is 121 Å². The Bertz CT molecular complexity index is 758. The predicted octanol–water partition coefficient (Wildman–Crippen LogP) is 2.45. The lowest BCUT2D eigenvalue weighted by Gasteiger charge is -2.08. The highest BCUT2D eigenvalue weighted by atomic mass is 32.2. The van der Waals surface area contributed by atoms with E-state index in [0.29, 0.717) is 16.9 Å². The second-order valence-electron chi connectivity index (χ2n) is 4.42. The Morgan fingerprint density at radius 1 is 1.05 bits per heavy atom. The van der Waals surface area contributed by atoms with Gasteiger partial charge in [0.1, 0.15) is 5.82 Å². The van der Waals surface area contributed by atoms with Gasteiger partial charge in [-0.3, -0.25) is 9.52 Å². The molecule has 0 heterocycles. The van der Waals surface area contributed by atoms with Gasteiger partial charge in [0.25, 0.3) is 5.91 Å². The van der Waals surface area contributed by atoms with Crippen molar-refractivity contribution in [2.24, 2.45) is 0 Å². The minimum atomic E-state index is -3.38. The summed E-state index contributed by atoms with van der Waals surface area (Å²) in [4.78, 5) is 11.9. The van der Waals surface area contributed by atoms with Crippen molar-refractivity contribution in [2.45, 2.75) is 0 Å². The minimum absolute atomic E-state index is 0.304. The van der Waals surface area contributed by atoms with E-state index in [1.54, 1.807) is 18.2 Å². The van der Waals surface area contributed by atoms with E-state index in [1.807, 2.05) is 0 Å². The van der Waals surface area contributed by atoms with Gasteiger partial charge in [-0.25, -0.2) is 12.8 Å². The van der Waals surface area contributed by atoms with Crippen LogP contribution in [-0.4, -0.2) is 20.6 Å². The molecule has 2 aromatic carbocycles. The van der Waals surface area contributed by atoms with E-state index in [9.17, 15) is 17.6 Å². The van der Waals surface area contributed by atoms with E-state index in [1.165, 1.54) is 30.3 Å². The second-order valence-corrected chi connectivity index (χ2v) is 6.16. The van der Waals surface area contributed by atoms with Gasteiger partial charge < -0.3 is 5.32 Å². The number of hydrogen-bond acceptors (Lipinski definition) is 3. The van der Waals surface area contributed by atoms with Gasteiger partial charge in [0, 0.05) is 11.3 Å². The topological polar surface area (TPSA) is 75.3 Å². The summed E-state index contributed by atoms with van der Waals surface area (Å²) in [6.07, 6.45) is 1.04. The molecular weight excluding hydrogens is 295 g/mol. The molecule has 0 saturated heterocycles. The summed E-state index contributed by atoms with van der Waals surface area (Å²) >= 11 is 0. The van der Waals surface area contributed by atoms with E-state index in [0.717, 1.165) is 6.26 Å². The smallest absolute Gasteiger partial charge is 0.255 e. The summed E-state index contributed by atoms with van der Waals surface area (Å²) in [7, 11) is -3.38. The first kappa shape index (κ1) is 15.0. The van der Waals surface area contributed by atoms with Crippen LogP contribution in [0.4, 0.5) is 15.8 Å². The molecule has 0 aliphatic rings. The molecule has 0 aromatic heterocycles. The second kappa shape index (κ2) is 5.92. The third-order valence-corrected chi connectivity index (χ3v) is 3.14. The Balaban J connectivity index is 2.14. The van der Waals surface area contributed by atoms with E-state index < -0.39 is 21.7 Å². The van der Waals surface area contributed by atoms with Gasteiger partial charge in [-0.2, -0.15) is 0 Å². The molecule has 0 aliphatic heterocycles. The third-order valence-electron chi connectivity index (χ3n) is 2.53. The highest BCUT2D eigenvalue weighted by Crippen LogP contribution is 2.17. The number of rotatable bonds is 4. The molecule has 0 saturated carbocycles. The number of carbonyl (C=O) groups is 1. The summed E-state index contributed by atoms with van der Waals surface area (Å²) in [6, 6.07) is 11.4. The summed E-state index contributed by atoms with van der Waals surface area (Å²) in [6.45, 7) is 0. The van der Waals surface area contributed by atoms with Crippen molar-refractivity contribution in [3.8, 4) is 0 Å². The number of carbonyl (C=O) groups excluding carboxylic acids is 1. The van der Waals surface area contributed by atoms with Crippen molar-refractivity contribution in [3.05, 3.63) is 59.9 Å². The van der Waals surface area contributed by atoms with Gasteiger partial charge in [0.05, 0.1) is 11.9 Å². The number of hydrogen-bond donors (Lipinski definition) is 2. The molecule has 0 atom stereocenters. The normalized spacial score (nSPS) is 11.0. The van der Waals surface area contributed by atoms with Crippen molar-refractivity contribution < 1.29 is 17.6 Å². The molecule has 110 valence electrons. The summed E-state index contributed by atoms with van der Waals surface area (Å²) in [5, 5.41) is 2.61. The Morgan fingerprint density at radius 2 is 1.67 bits per heavy atom. The minimum Gasteiger partial charge on any atom is -0.322 e. The summed E-state index contributed by atoms with van der Waals surface area (Å²) < 4.78 is 37.4. The number of halogens is 1. The van der Waals surface area contributed by atoms with Crippen molar-refractivity contribution in [1.82, 2.24) is 0 Å². The van der Waals surface area contributed by atoms with Gasteiger partial charge in [0.15, 0.2) is 0 Å². The molecule has 2 N–H and O–H groups in total. The quantitative estimate of drug-likeness (QED) is 0.911. The molecule has 0 spiro atoms. The SMILES string of the molecule is CS(=O)(=O)Nc1cccc(NC(=O)c2ccc(F)cc2)c1. The van der Waals surface area contributed by atoms with E-state index in [4.69, 9.17) is 0 Å². The van der Waals surface area contributed by atoms with Crippen molar-refractivity contribution >= 4 is 27.3 Å². The van der Waals surface area contributed by atoms with Crippen LogP contribution >= 0.6 is 0 Å². The van der Waals surface area contributed by atoms with Crippen molar-refractivity contribution in [3.63, 3.8) is 0 Å². The first-order valence-electron chi connectivity index (χ1n) is 5.98. The van der Waals surface area contributed by atoms with Gasteiger partial charge in [0.2, 0.25) is 10.0 Å². The monoisotopic (exact) mass is 308 g/mol. The summed E-state index contributed by atoms with van der Waals surface area (Å²) in [5.41, 5.74) is 1.07. The maximum atomic E-state index is 12.8. The lowest BCUT2D eigenvalue weighted by Crippen LogP contribution is -2.13. The Hall–Kier alpha value is -2.41. The third kappa shape index (κ3) is 4.57. The summed E-state index contributed by atoms with van der Waals surface area (Å²) in [5.74, 6) is -0.836. The fourth-order valence-electron chi connectivity index (χ4n) is 1.68. The van der Waals surface area contributed by atoms with Crippen LogP contribution in [0.15, 0.2) is 48.5 Å². The molecular formula is C14H13FN2O3S. The van der Waals surface area contributed by atoms with Crippen molar-refractivity contribution in [1.29, 1.82) is 0 Å². The zero-order chi connectivity index (χ0) is 15.5. The van der Waals surface area contributed by atoms with Gasteiger partial charge in [-0.1, -0.05) is 6.07 Å². The average molecular weight is 308 g/mol. The van der Waals surface area contributed by atoms with Crippen LogP contribution in [0.3, 0.4) is 0 Å². The predicted molar refractivity (Wildman–Crippen MR) is 79.3 cm³/mol. The number of anilines is 2. The van der Waals surface area contributed by atoms with E-state index in [2.05, 4.69) is 10.0 Å². The van der Waals surface area contributed by atoms with Crippen LogP contribution in [0, 0.1) is 5.82 Å². The van der Waals surface area contributed by atoms with Gasteiger partial charge in [-0.05, 0) is 42.5 Å². The molecule has 1 amide bonds. The molecule has 0 unspecified atom stereocenters. The van der Waals surface area contributed by atoms with E-state index >= 15 is 0 Å². The first-order valence-corrected chi connectivity index (χ1v) is 7.87. The van der Waals surface area contributed by atoms with Crippen LogP contribution in [-0.2, 0) is 10.0 Å². The standard InChI is InChI=1S/C14H13FN2O3S/c1-21(19,20)17-13-4-2-3-12(9-13)16-14(18)10-5-7-11(15)8-6-10/h2-9,17H,1H3,(H,16,18). The van der Waals surface area contributed by atoms with Gasteiger partial charge >= 0.3 is 0 Å². The molecule has 0 bridgehead atoms. The largest absolute Gasteiger partial charge is 0.322 e. The fourth-order valence-corrected chi connectivity index (χ4v) is 2.23. The van der Waals surface area contributed by atoms with Crippen LogP contribution in [0.5, 0.6) is 0 Å². The number of amides is 1. The van der Waals surface area contributed by atoms with Crippen LogP contribution in [0.2, 0.25) is 0 Å². The van der Waals surface area contributed by atoms with Crippen LogP contribution in [0.1, 0.15) is 10.4 Å². The Kier molecular flexibility index (Phi) is 4.23. The van der Waals surface area contributed by atoms with Crippen LogP contribution in [0.25, 0.3) is 0 Å². The Morgan fingerprint density at radius 3 is 2.29 bits per heavy atom. The molecule has 7 heteroatoms. The van der Waals surface area contributed by atoms with Crippen molar-refractivity contribution in [2.75, 3.05) is 16.3 Å². The number of benzene rings is 2. The van der Waals surface area contributed by atoms with E-state index in [-0.39, 0.29) is 0 Å². The molecule has 2 aromatic rings. The molecule has 0 radical (unpaired) electrons. The highest BCUT2D eigenvalue weighted by molar-refractivity contribution is 7.92. The average Bonchev–Trinajstić information content (AvgIpc) is 2.37. The van der Waals surface area contributed by atoms with Gasteiger partial charge in [-0.15, -0.1) is 0 Å². The molecule has 5 nitrogen and oxygen atoms in total. The number of nitrogens with one attached hydrogen (secondary N) is 2. The van der Waals surface area contributed by atoms with Crippen LogP contribution < -0.4 is 10.0 Å². The lowest BCUT2D eigenvalue weighted by molar-refractivity contribution is 0.102. The number of sulfonamides is 1. The zero-order valence-corrected chi connectivity index (χ0v) is 11.9. The first-order chi connectivity index (χ1) is 9.83. The highest BCUT2D eigenvalue weighted by Gasteiger charge is 2.07. The molecule has 0 aliphatic carbocycles.